The van der Waals surface area contributed by atoms with E-state index in [1.807, 2.05) is 20.9 Å². The summed E-state index contributed by atoms with van der Waals surface area (Å²) in [5.41, 5.74) is 3.09. The average Bonchev–Trinajstić information content (AvgIpc) is 2.87. The molecular formula is C17H21N3O3. The van der Waals surface area contributed by atoms with Gasteiger partial charge < -0.3 is 10.1 Å². The largest absolute Gasteiger partial charge is 0.469 e. The maximum absolute atomic E-state index is 12.5. The van der Waals surface area contributed by atoms with Crippen molar-refractivity contribution in [3.8, 4) is 0 Å². The zero-order valence-electron chi connectivity index (χ0n) is 13.8. The second kappa shape index (κ2) is 7.09. The molecule has 122 valence electrons. The predicted octanol–water partition coefficient (Wildman–Crippen LogP) is 1.94. The smallest absolute Gasteiger partial charge is 0.310 e. The molecule has 0 bridgehead atoms. The van der Waals surface area contributed by atoms with Crippen molar-refractivity contribution in [2.75, 3.05) is 7.11 Å². The zero-order chi connectivity index (χ0) is 17.0. The Morgan fingerprint density at radius 1 is 1.35 bits per heavy atom. The average molecular weight is 315 g/mol. The Morgan fingerprint density at radius 2 is 2.04 bits per heavy atom. The van der Waals surface area contributed by atoms with Gasteiger partial charge >= 0.3 is 5.97 Å². The molecule has 6 heteroatoms. The molecule has 1 aromatic heterocycles. The van der Waals surface area contributed by atoms with Gasteiger partial charge in [0.25, 0.3) is 5.91 Å². The number of carbonyl (C=O) groups excluding carboxylic acids is 2. The lowest BCUT2D eigenvalue weighted by atomic mass is 10.0. The number of nitrogens with one attached hydrogen (secondary N) is 1. The number of ether oxygens (including phenoxy) is 1. The predicted molar refractivity (Wildman–Crippen MR) is 86.0 cm³/mol. The number of hydrogen-bond donors (Lipinski definition) is 1. The molecule has 0 aliphatic heterocycles. The van der Waals surface area contributed by atoms with Gasteiger partial charge in [0.05, 0.1) is 25.8 Å². The third-order valence-corrected chi connectivity index (χ3v) is 3.91. The third kappa shape index (κ3) is 3.77. The van der Waals surface area contributed by atoms with Gasteiger partial charge in [-0.2, -0.15) is 5.10 Å². The molecule has 1 aromatic carbocycles. The van der Waals surface area contributed by atoms with Crippen LogP contribution in [0.5, 0.6) is 0 Å². The summed E-state index contributed by atoms with van der Waals surface area (Å²) in [5, 5.41) is 7.14. The lowest BCUT2D eigenvalue weighted by molar-refractivity contribution is -0.139. The molecular weight excluding hydrogens is 294 g/mol. The standard InChI is InChI=1S/C17H21N3O3/c1-11(15-10-18-20(3)12(15)2)19-17(22)14-8-6-5-7-13(14)9-16(21)23-4/h5-8,10-11H,9H2,1-4H3,(H,19,22). The second-order valence-electron chi connectivity index (χ2n) is 5.41. The molecule has 2 rings (SSSR count). The number of rotatable bonds is 5. The fourth-order valence-electron chi connectivity index (χ4n) is 2.42. The third-order valence-electron chi connectivity index (χ3n) is 3.91. The van der Waals surface area contributed by atoms with E-state index in [1.54, 1.807) is 35.1 Å². The highest BCUT2D eigenvalue weighted by Gasteiger charge is 2.18. The monoisotopic (exact) mass is 315 g/mol. The van der Waals surface area contributed by atoms with Gasteiger partial charge in [-0.3, -0.25) is 14.3 Å². The number of esters is 1. The van der Waals surface area contributed by atoms with E-state index < -0.39 is 0 Å². The number of amides is 1. The second-order valence-corrected chi connectivity index (χ2v) is 5.41. The van der Waals surface area contributed by atoms with Crippen LogP contribution in [-0.2, 0) is 23.0 Å². The summed E-state index contributed by atoms with van der Waals surface area (Å²) in [6.45, 7) is 3.86. The molecule has 2 aromatic rings. The normalized spacial score (nSPS) is 11.8. The molecule has 0 saturated heterocycles. The van der Waals surface area contributed by atoms with Crippen molar-refractivity contribution in [2.45, 2.75) is 26.3 Å². The number of aromatic nitrogens is 2. The summed E-state index contributed by atoms with van der Waals surface area (Å²) in [6.07, 6.45) is 1.82. The van der Waals surface area contributed by atoms with E-state index in [4.69, 9.17) is 0 Å². The van der Waals surface area contributed by atoms with E-state index in [2.05, 4.69) is 15.2 Å². The SMILES string of the molecule is COC(=O)Cc1ccccc1C(=O)NC(C)c1cnn(C)c1C. The molecule has 1 unspecified atom stereocenters. The summed E-state index contributed by atoms with van der Waals surface area (Å²) in [5.74, 6) is -0.596. The topological polar surface area (TPSA) is 73.2 Å². The van der Waals surface area contributed by atoms with Gasteiger partial charge in [-0.15, -0.1) is 0 Å². The first-order valence-corrected chi connectivity index (χ1v) is 7.38. The molecule has 1 N–H and O–H groups in total. The van der Waals surface area contributed by atoms with Gasteiger partial charge in [0.1, 0.15) is 0 Å². The summed E-state index contributed by atoms with van der Waals surface area (Å²) in [6, 6.07) is 6.85. The van der Waals surface area contributed by atoms with Crippen molar-refractivity contribution in [1.82, 2.24) is 15.1 Å². The van der Waals surface area contributed by atoms with Gasteiger partial charge in [-0.1, -0.05) is 18.2 Å². The molecule has 1 atom stereocenters. The Bertz CT molecular complexity index is 722. The fraction of sp³-hybridized carbons (Fsp3) is 0.353. The maximum atomic E-state index is 12.5. The molecule has 23 heavy (non-hydrogen) atoms. The number of carbonyl (C=O) groups is 2. The molecule has 0 fully saturated rings. The Hall–Kier alpha value is -2.63. The Morgan fingerprint density at radius 3 is 2.65 bits per heavy atom. The van der Waals surface area contributed by atoms with Crippen LogP contribution in [0.2, 0.25) is 0 Å². The number of aryl methyl sites for hydroxylation is 1. The highest BCUT2D eigenvalue weighted by atomic mass is 16.5. The van der Waals surface area contributed by atoms with Crippen molar-refractivity contribution in [3.05, 3.63) is 52.8 Å². The van der Waals surface area contributed by atoms with Crippen LogP contribution in [0.25, 0.3) is 0 Å². The Kier molecular flexibility index (Phi) is 5.16. The number of nitrogens with zero attached hydrogens (tertiary/aromatic N) is 2. The van der Waals surface area contributed by atoms with Crippen molar-refractivity contribution in [3.63, 3.8) is 0 Å². The fourth-order valence-corrected chi connectivity index (χ4v) is 2.42. The minimum atomic E-state index is -0.374. The number of hydrogen-bond acceptors (Lipinski definition) is 4. The maximum Gasteiger partial charge on any atom is 0.310 e. The van der Waals surface area contributed by atoms with Crippen molar-refractivity contribution in [2.24, 2.45) is 7.05 Å². The first-order valence-electron chi connectivity index (χ1n) is 7.38. The van der Waals surface area contributed by atoms with Crippen LogP contribution in [0.1, 0.15) is 40.1 Å². The quantitative estimate of drug-likeness (QED) is 0.856. The van der Waals surface area contributed by atoms with Gasteiger partial charge in [-0.25, -0.2) is 0 Å². The summed E-state index contributed by atoms with van der Waals surface area (Å²) in [4.78, 5) is 24.0. The van der Waals surface area contributed by atoms with Crippen LogP contribution in [0.15, 0.2) is 30.5 Å². The van der Waals surface area contributed by atoms with E-state index in [0.717, 1.165) is 11.3 Å². The molecule has 0 spiro atoms. The van der Waals surface area contributed by atoms with E-state index in [-0.39, 0.29) is 24.3 Å². The van der Waals surface area contributed by atoms with Crippen molar-refractivity contribution >= 4 is 11.9 Å². The minimum Gasteiger partial charge on any atom is -0.469 e. The van der Waals surface area contributed by atoms with E-state index in [9.17, 15) is 9.59 Å². The first kappa shape index (κ1) is 16.7. The van der Waals surface area contributed by atoms with Crippen LogP contribution < -0.4 is 5.32 Å². The molecule has 0 saturated carbocycles. The molecule has 0 aliphatic rings. The molecule has 1 heterocycles. The van der Waals surface area contributed by atoms with Crippen LogP contribution in [0.4, 0.5) is 0 Å². The van der Waals surface area contributed by atoms with Gasteiger partial charge in [0.2, 0.25) is 0 Å². The van der Waals surface area contributed by atoms with Crippen molar-refractivity contribution < 1.29 is 14.3 Å². The molecule has 0 aliphatic carbocycles. The van der Waals surface area contributed by atoms with E-state index in [0.29, 0.717) is 11.1 Å². The van der Waals surface area contributed by atoms with Gasteiger partial charge in [0.15, 0.2) is 0 Å². The Balaban J connectivity index is 2.17. The lowest BCUT2D eigenvalue weighted by Gasteiger charge is -2.15. The van der Waals surface area contributed by atoms with Crippen LogP contribution >= 0.6 is 0 Å². The van der Waals surface area contributed by atoms with Gasteiger partial charge in [0, 0.05) is 23.9 Å². The molecule has 0 radical (unpaired) electrons. The zero-order valence-corrected chi connectivity index (χ0v) is 13.8. The summed E-state index contributed by atoms with van der Waals surface area (Å²) in [7, 11) is 3.19. The van der Waals surface area contributed by atoms with Crippen LogP contribution in [0.3, 0.4) is 0 Å². The summed E-state index contributed by atoms with van der Waals surface area (Å²) < 4.78 is 6.44. The number of methoxy groups -OCH3 is 1. The van der Waals surface area contributed by atoms with Gasteiger partial charge in [-0.05, 0) is 25.5 Å². The minimum absolute atomic E-state index is 0.0698. The van der Waals surface area contributed by atoms with E-state index >= 15 is 0 Å². The lowest BCUT2D eigenvalue weighted by Crippen LogP contribution is -2.28. The highest BCUT2D eigenvalue weighted by molar-refractivity contribution is 5.97. The number of benzene rings is 1. The first-order chi connectivity index (χ1) is 10.9. The molecule has 1 amide bonds. The Labute approximate surface area is 135 Å². The van der Waals surface area contributed by atoms with Crippen LogP contribution in [-0.4, -0.2) is 28.8 Å². The van der Waals surface area contributed by atoms with E-state index in [1.165, 1.54) is 7.11 Å². The summed E-state index contributed by atoms with van der Waals surface area (Å²) >= 11 is 0. The highest BCUT2D eigenvalue weighted by Crippen LogP contribution is 2.18. The van der Waals surface area contributed by atoms with Crippen molar-refractivity contribution in [1.29, 1.82) is 0 Å². The van der Waals surface area contributed by atoms with Crippen LogP contribution in [0, 0.1) is 6.92 Å². The molecule has 6 nitrogen and oxygen atoms in total.